The van der Waals surface area contributed by atoms with Crippen LogP contribution in [0.2, 0.25) is 0 Å². The molecule has 1 fully saturated rings. The molecule has 0 aromatic heterocycles. The Morgan fingerprint density at radius 2 is 1.96 bits per heavy atom. The summed E-state index contributed by atoms with van der Waals surface area (Å²) in [7, 11) is 1.40. The van der Waals surface area contributed by atoms with Crippen LogP contribution in [0.15, 0.2) is 35.5 Å². The van der Waals surface area contributed by atoms with Crippen molar-refractivity contribution in [2.45, 2.75) is 57.8 Å². The maximum absolute atomic E-state index is 12.4. The maximum atomic E-state index is 12.4. The second kappa shape index (κ2) is 8.56. The lowest BCUT2D eigenvalue weighted by atomic mass is 9.88. The Labute approximate surface area is 153 Å². The lowest BCUT2D eigenvalue weighted by molar-refractivity contribution is -0.139. The van der Waals surface area contributed by atoms with Crippen LogP contribution >= 0.6 is 0 Å². The lowest BCUT2D eigenvalue weighted by Gasteiger charge is -2.18. The van der Waals surface area contributed by atoms with Crippen LogP contribution < -0.4 is 0 Å². The zero-order valence-corrected chi connectivity index (χ0v) is 15.5. The summed E-state index contributed by atoms with van der Waals surface area (Å²) in [5, 5.41) is 10.4. The van der Waals surface area contributed by atoms with Gasteiger partial charge in [0.05, 0.1) is 5.57 Å². The van der Waals surface area contributed by atoms with Crippen molar-refractivity contribution in [2.75, 3.05) is 7.11 Å². The number of aliphatic hydroxyl groups is 1. The van der Waals surface area contributed by atoms with E-state index < -0.39 is 24.3 Å². The first kappa shape index (κ1) is 20.3. The summed E-state index contributed by atoms with van der Waals surface area (Å²) in [6.45, 7) is 7.45. The van der Waals surface area contributed by atoms with E-state index >= 15 is 0 Å². The molecule has 2 rings (SSSR count). The summed E-state index contributed by atoms with van der Waals surface area (Å²) < 4.78 is 10.5. The molecule has 0 aromatic rings. The molecule has 1 N–H and O–H groups in total. The van der Waals surface area contributed by atoms with Crippen LogP contribution in [0.4, 0.5) is 0 Å². The SMILES string of the molecule is C=C(C)[C@H]1C/C=C2/C(=O)O[C@H](C/C(C)=C\C(=O)[C@@H](OC)CC(=O)C1)[C@H]2O. The summed E-state index contributed by atoms with van der Waals surface area (Å²) in [5.74, 6) is -1.15. The summed E-state index contributed by atoms with van der Waals surface area (Å²) in [6.07, 6.45) is 1.27. The summed E-state index contributed by atoms with van der Waals surface area (Å²) >= 11 is 0. The molecule has 0 radical (unpaired) electrons. The maximum Gasteiger partial charge on any atom is 0.336 e. The van der Waals surface area contributed by atoms with E-state index in [4.69, 9.17) is 9.47 Å². The largest absolute Gasteiger partial charge is 0.455 e. The van der Waals surface area contributed by atoms with Gasteiger partial charge in [0.1, 0.15) is 24.1 Å². The van der Waals surface area contributed by atoms with Crippen LogP contribution in [0, 0.1) is 5.92 Å². The minimum atomic E-state index is -1.05. The molecule has 0 saturated carbocycles. The number of esters is 1. The predicted octanol–water partition coefficient (Wildman–Crippen LogP) is 2.06. The topological polar surface area (TPSA) is 89.9 Å². The van der Waals surface area contributed by atoms with Gasteiger partial charge < -0.3 is 14.6 Å². The Hall–Kier alpha value is -2.05. The minimum Gasteiger partial charge on any atom is -0.455 e. The molecule has 2 bridgehead atoms. The van der Waals surface area contributed by atoms with E-state index in [1.807, 2.05) is 6.92 Å². The van der Waals surface area contributed by atoms with E-state index in [-0.39, 0.29) is 42.3 Å². The van der Waals surface area contributed by atoms with E-state index in [9.17, 15) is 19.5 Å². The summed E-state index contributed by atoms with van der Waals surface area (Å²) in [5.41, 5.74) is 1.66. The van der Waals surface area contributed by atoms with Gasteiger partial charge in [-0.25, -0.2) is 4.79 Å². The van der Waals surface area contributed by atoms with Gasteiger partial charge in [-0.1, -0.05) is 23.8 Å². The second-order valence-corrected chi connectivity index (χ2v) is 7.10. The number of fused-ring (bicyclic) bond motifs is 2. The number of allylic oxidation sites excluding steroid dienone is 2. The van der Waals surface area contributed by atoms with Crippen molar-refractivity contribution in [1.29, 1.82) is 0 Å². The Morgan fingerprint density at radius 1 is 1.27 bits per heavy atom. The van der Waals surface area contributed by atoms with Crippen molar-refractivity contribution in [2.24, 2.45) is 5.92 Å². The third-order valence-corrected chi connectivity index (χ3v) is 4.88. The van der Waals surface area contributed by atoms with Crippen molar-refractivity contribution in [3.05, 3.63) is 35.5 Å². The van der Waals surface area contributed by atoms with E-state index in [2.05, 4.69) is 6.58 Å². The van der Waals surface area contributed by atoms with Crippen molar-refractivity contribution >= 4 is 17.5 Å². The smallest absolute Gasteiger partial charge is 0.336 e. The van der Waals surface area contributed by atoms with Gasteiger partial charge in [0.15, 0.2) is 5.78 Å². The number of carbonyl (C=O) groups excluding carboxylic acids is 3. The van der Waals surface area contributed by atoms with Gasteiger partial charge in [-0.3, -0.25) is 9.59 Å². The van der Waals surface area contributed by atoms with Gasteiger partial charge >= 0.3 is 5.97 Å². The Kier molecular flexibility index (Phi) is 6.67. The summed E-state index contributed by atoms with van der Waals surface area (Å²) in [4.78, 5) is 36.8. The van der Waals surface area contributed by atoms with Crippen molar-refractivity contribution < 1.29 is 29.0 Å². The van der Waals surface area contributed by atoms with Gasteiger partial charge in [0.2, 0.25) is 0 Å². The molecule has 1 aliphatic carbocycles. The first-order chi connectivity index (χ1) is 12.2. The molecule has 0 unspecified atom stereocenters. The fourth-order valence-electron chi connectivity index (χ4n) is 3.25. The highest BCUT2D eigenvalue weighted by Crippen LogP contribution is 2.29. The van der Waals surface area contributed by atoms with Gasteiger partial charge in [-0.15, -0.1) is 0 Å². The number of Topliss-reactive ketones (excluding diaryl/α,β-unsaturated/α-hetero) is 1. The molecule has 0 amide bonds. The molecule has 26 heavy (non-hydrogen) atoms. The number of hydrogen-bond donors (Lipinski definition) is 1. The third kappa shape index (κ3) is 4.77. The van der Waals surface area contributed by atoms with E-state index in [1.165, 1.54) is 13.2 Å². The lowest BCUT2D eigenvalue weighted by Crippen LogP contribution is -2.27. The molecule has 2 aliphatic rings. The van der Waals surface area contributed by atoms with Gasteiger partial charge in [-0.2, -0.15) is 0 Å². The normalized spacial score (nSPS) is 35.0. The van der Waals surface area contributed by atoms with Crippen LogP contribution in [0.25, 0.3) is 0 Å². The monoisotopic (exact) mass is 362 g/mol. The molecule has 0 aromatic carbocycles. The Balaban J connectivity index is 2.37. The Morgan fingerprint density at radius 3 is 2.58 bits per heavy atom. The van der Waals surface area contributed by atoms with Crippen LogP contribution in [-0.4, -0.2) is 48.1 Å². The number of carbonyl (C=O) groups is 3. The molecule has 1 saturated heterocycles. The fraction of sp³-hybridized carbons (Fsp3) is 0.550. The first-order valence-electron chi connectivity index (χ1n) is 8.73. The highest BCUT2D eigenvalue weighted by atomic mass is 16.6. The number of aliphatic hydroxyl groups excluding tert-OH is 1. The standard InChI is InChI=1S/C20H26O6/c1-11(2)13-5-6-15-19(23)18(26-20(15)24)8-12(3)7-16(22)17(25-4)10-14(21)9-13/h6-7,13,17-19,23H,1,5,8-10H2,2-4H3/b12-7-,15-6+/t13-,17-,18+,19-/m0/s1. The molecule has 1 heterocycles. The molecule has 0 spiro atoms. The molecular formula is C20H26O6. The molecule has 6 heteroatoms. The van der Waals surface area contributed by atoms with E-state index in [1.54, 1.807) is 13.0 Å². The average molecular weight is 362 g/mol. The Bertz CT molecular complexity index is 672. The molecule has 4 atom stereocenters. The number of ketones is 2. The number of ether oxygens (including phenoxy) is 2. The van der Waals surface area contributed by atoms with E-state index in [0.717, 1.165) is 5.57 Å². The van der Waals surface area contributed by atoms with Gasteiger partial charge in [0, 0.05) is 26.4 Å². The highest BCUT2D eigenvalue weighted by molar-refractivity contribution is 5.97. The third-order valence-electron chi connectivity index (χ3n) is 4.88. The molecule has 1 aliphatic heterocycles. The number of rotatable bonds is 2. The predicted molar refractivity (Wildman–Crippen MR) is 95.3 cm³/mol. The van der Waals surface area contributed by atoms with Crippen molar-refractivity contribution in [3.63, 3.8) is 0 Å². The summed E-state index contributed by atoms with van der Waals surface area (Å²) in [6, 6.07) is 0. The van der Waals surface area contributed by atoms with Gasteiger partial charge in [-0.05, 0) is 32.3 Å². The van der Waals surface area contributed by atoms with Crippen LogP contribution in [0.1, 0.15) is 39.5 Å². The zero-order valence-electron chi connectivity index (χ0n) is 15.5. The molecule has 142 valence electrons. The van der Waals surface area contributed by atoms with Crippen molar-refractivity contribution in [3.8, 4) is 0 Å². The molecule has 6 nitrogen and oxygen atoms in total. The number of methoxy groups -OCH3 is 1. The zero-order chi connectivity index (χ0) is 19.4. The quantitative estimate of drug-likeness (QED) is 0.597. The van der Waals surface area contributed by atoms with Crippen LogP contribution in [0.3, 0.4) is 0 Å². The van der Waals surface area contributed by atoms with Crippen LogP contribution in [0.5, 0.6) is 0 Å². The molecular weight excluding hydrogens is 336 g/mol. The van der Waals surface area contributed by atoms with E-state index in [0.29, 0.717) is 12.0 Å². The first-order valence-corrected chi connectivity index (χ1v) is 8.73. The minimum absolute atomic E-state index is 0.000941. The van der Waals surface area contributed by atoms with Crippen molar-refractivity contribution in [1.82, 2.24) is 0 Å². The highest BCUT2D eigenvalue weighted by Gasteiger charge is 2.38. The van der Waals surface area contributed by atoms with Crippen LogP contribution in [-0.2, 0) is 23.9 Å². The fourth-order valence-corrected chi connectivity index (χ4v) is 3.25. The van der Waals surface area contributed by atoms with Gasteiger partial charge in [0.25, 0.3) is 0 Å². The average Bonchev–Trinajstić information content (AvgIpc) is 2.81. The number of hydrogen-bond acceptors (Lipinski definition) is 6. The second-order valence-electron chi connectivity index (χ2n) is 7.10.